The van der Waals surface area contributed by atoms with Crippen LogP contribution in [0.2, 0.25) is 0 Å². The van der Waals surface area contributed by atoms with Crippen LogP contribution in [0.3, 0.4) is 0 Å². The Hall–Kier alpha value is -7.28. The van der Waals surface area contributed by atoms with Crippen molar-refractivity contribution in [1.29, 1.82) is 0 Å². The Morgan fingerprint density at radius 3 is 1.66 bits per heavy atom. The molecule has 5 nitrogen and oxygen atoms in total. The van der Waals surface area contributed by atoms with E-state index in [0.29, 0.717) is 17.5 Å². The summed E-state index contributed by atoms with van der Waals surface area (Å²) in [6, 6.07) is 62.5. The first-order chi connectivity index (χ1) is 27.8. The summed E-state index contributed by atoms with van der Waals surface area (Å²) in [5.74, 6) is 2.63. The molecule has 0 radical (unpaired) electrons. The van der Waals surface area contributed by atoms with Gasteiger partial charge in [0.25, 0.3) is 0 Å². The molecular weight excluding hydrogens is 705 g/mol. The van der Waals surface area contributed by atoms with Gasteiger partial charge in [-0.3, -0.25) is 0 Å². The van der Waals surface area contributed by atoms with Gasteiger partial charge in [-0.05, 0) is 35.9 Å². The number of thiophene rings is 1. The van der Waals surface area contributed by atoms with Crippen molar-refractivity contribution in [3.8, 4) is 67.9 Å². The molecule has 0 unspecified atom stereocenters. The van der Waals surface area contributed by atoms with Gasteiger partial charge in [-0.2, -0.15) is 0 Å². The second-order valence-corrected chi connectivity index (χ2v) is 14.8. The SMILES string of the molecule is c1ccc(-c2nc(-c3ccccc3)nc(-c3cccc(-c4c(-c5cccc6c5sc5ccccc56)oc5c4c(-c4ccccc4)nc4ccccc45)c3)n2)cc1. The van der Waals surface area contributed by atoms with Gasteiger partial charge in [-0.25, -0.2) is 19.9 Å². The number of hydrogen-bond donors (Lipinski definition) is 0. The van der Waals surface area contributed by atoms with E-state index in [4.69, 9.17) is 24.4 Å². The third-order valence-electron chi connectivity index (χ3n) is 10.3. The van der Waals surface area contributed by atoms with Crippen LogP contribution in [0.5, 0.6) is 0 Å². The number of para-hydroxylation sites is 1. The topological polar surface area (TPSA) is 64.7 Å². The lowest BCUT2D eigenvalue weighted by Gasteiger charge is -2.11. The predicted molar refractivity (Wildman–Crippen MR) is 230 cm³/mol. The van der Waals surface area contributed by atoms with Crippen molar-refractivity contribution < 1.29 is 4.42 Å². The van der Waals surface area contributed by atoms with Crippen molar-refractivity contribution in [2.75, 3.05) is 0 Å². The molecule has 0 atom stereocenters. The van der Waals surface area contributed by atoms with Gasteiger partial charge < -0.3 is 4.42 Å². The number of nitrogens with zero attached hydrogens (tertiary/aromatic N) is 4. The van der Waals surface area contributed by atoms with Crippen LogP contribution in [0.1, 0.15) is 0 Å². The molecule has 4 aromatic heterocycles. The van der Waals surface area contributed by atoms with Gasteiger partial charge in [-0.15, -0.1) is 11.3 Å². The number of hydrogen-bond acceptors (Lipinski definition) is 6. The van der Waals surface area contributed by atoms with Crippen molar-refractivity contribution in [3.63, 3.8) is 0 Å². The first kappa shape index (κ1) is 32.2. The van der Waals surface area contributed by atoms with E-state index in [0.717, 1.165) is 72.3 Å². The molecule has 0 amide bonds. The number of fused-ring (bicyclic) bond motifs is 6. The zero-order valence-electron chi connectivity index (χ0n) is 29.9. The van der Waals surface area contributed by atoms with Gasteiger partial charge in [0, 0.05) is 58.9 Å². The van der Waals surface area contributed by atoms with Crippen LogP contribution in [0.25, 0.3) is 110 Å². The molecule has 0 aliphatic carbocycles. The van der Waals surface area contributed by atoms with Gasteiger partial charge in [0.2, 0.25) is 0 Å². The smallest absolute Gasteiger partial charge is 0.164 e. The average molecular weight is 735 g/mol. The van der Waals surface area contributed by atoms with Gasteiger partial charge in [-0.1, -0.05) is 152 Å². The molecule has 6 heteroatoms. The first-order valence-corrected chi connectivity index (χ1v) is 19.4. The van der Waals surface area contributed by atoms with Gasteiger partial charge in [0.05, 0.1) is 16.6 Å². The third-order valence-corrected chi connectivity index (χ3v) is 11.6. The Kier molecular flexibility index (Phi) is 7.60. The summed E-state index contributed by atoms with van der Waals surface area (Å²) in [6.07, 6.45) is 0. The summed E-state index contributed by atoms with van der Waals surface area (Å²) >= 11 is 1.80. The minimum Gasteiger partial charge on any atom is -0.455 e. The molecule has 0 fully saturated rings. The second-order valence-electron chi connectivity index (χ2n) is 13.8. The average Bonchev–Trinajstić information content (AvgIpc) is 3.87. The zero-order chi connectivity index (χ0) is 37.0. The first-order valence-electron chi connectivity index (χ1n) is 18.6. The Bertz CT molecular complexity index is 3190. The summed E-state index contributed by atoms with van der Waals surface area (Å²) < 4.78 is 9.67. The van der Waals surface area contributed by atoms with E-state index in [9.17, 15) is 0 Å². The van der Waals surface area contributed by atoms with E-state index >= 15 is 0 Å². The standard InChI is InChI=1S/C50H30N4OS/c1-4-16-31(17-5-1)44-43-42(34-22-14-23-35(30-34)50-53-48(32-18-6-2-7-19-32)52-49(54-50)33-20-8-3-9-21-33)46(55-45(43)38-25-10-12-28-40(38)51-44)39-27-15-26-37-36-24-11-13-29-41(36)56-47(37)39/h1-30H. The van der Waals surface area contributed by atoms with Gasteiger partial charge in [0.1, 0.15) is 11.3 Å². The number of aromatic nitrogens is 4. The summed E-state index contributed by atoms with van der Waals surface area (Å²) in [5, 5.41) is 4.38. The van der Waals surface area contributed by atoms with Gasteiger partial charge >= 0.3 is 0 Å². The van der Waals surface area contributed by atoms with Crippen molar-refractivity contribution in [2.45, 2.75) is 0 Å². The molecule has 0 spiro atoms. The monoisotopic (exact) mass is 734 g/mol. The molecule has 4 heterocycles. The van der Waals surface area contributed by atoms with E-state index in [2.05, 4.69) is 109 Å². The zero-order valence-corrected chi connectivity index (χ0v) is 30.7. The largest absolute Gasteiger partial charge is 0.455 e. The van der Waals surface area contributed by atoms with Crippen molar-refractivity contribution in [1.82, 2.24) is 19.9 Å². The normalized spacial score (nSPS) is 11.6. The molecule has 0 aliphatic rings. The summed E-state index contributed by atoms with van der Waals surface area (Å²) in [4.78, 5) is 20.4. The van der Waals surface area contributed by atoms with Crippen LogP contribution in [0, 0.1) is 0 Å². The van der Waals surface area contributed by atoms with E-state index in [1.807, 2.05) is 72.8 Å². The fraction of sp³-hybridized carbons (Fsp3) is 0. The minimum absolute atomic E-state index is 0.590. The Balaban J connectivity index is 1.22. The Labute approximate surface area is 326 Å². The van der Waals surface area contributed by atoms with Gasteiger partial charge in [0.15, 0.2) is 17.5 Å². The van der Waals surface area contributed by atoms with Crippen molar-refractivity contribution in [3.05, 3.63) is 182 Å². The quantitative estimate of drug-likeness (QED) is 0.170. The summed E-state index contributed by atoms with van der Waals surface area (Å²) in [7, 11) is 0. The van der Waals surface area contributed by atoms with Crippen LogP contribution >= 0.6 is 11.3 Å². The molecule has 11 rings (SSSR count). The lowest BCUT2D eigenvalue weighted by molar-refractivity contribution is 0.636. The second kappa shape index (κ2) is 13.2. The number of rotatable bonds is 6. The highest BCUT2D eigenvalue weighted by Crippen LogP contribution is 2.50. The maximum absolute atomic E-state index is 7.24. The predicted octanol–water partition coefficient (Wildman–Crippen LogP) is 13.5. The van der Waals surface area contributed by atoms with Crippen LogP contribution in [-0.2, 0) is 0 Å². The fourth-order valence-corrected chi connectivity index (χ4v) is 8.95. The molecule has 262 valence electrons. The minimum atomic E-state index is 0.590. The van der Waals surface area contributed by atoms with E-state index in [1.165, 1.54) is 20.2 Å². The van der Waals surface area contributed by atoms with E-state index < -0.39 is 0 Å². The Morgan fingerprint density at radius 2 is 0.946 bits per heavy atom. The highest BCUT2D eigenvalue weighted by molar-refractivity contribution is 7.26. The number of pyridine rings is 1. The lowest BCUT2D eigenvalue weighted by atomic mass is 9.93. The number of benzene rings is 7. The molecule has 0 aliphatic heterocycles. The van der Waals surface area contributed by atoms with Crippen LogP contribution in [-0.4, -0.2) is 19.9 Å². The maximum Gasteiger partial charge on any atom is 0.164 e. The molecule has 0 saturated carbocycles. The number of furan rings is 1. The highest BCUT2D eigenvalue weighted by Gasteiger charge is 2.26. The van der Waals surface area contributed by atoms with Crippen LogP contribution in [0.15, 0.2) is 186 Å². The van der Waals surface area contributed by atoms with Crippen LogP contribution in [0.4, 0.5) is 0 Å². The molecule has 0 bridgehead atoms. The molecule has 7 aromatic carbocycles. The maximum atomic E-state index is 7.24. The van der Waals surface area contributed by atoms with Crippen molar-refractivity contribution >= 4 is 53.4 Å². The molecule has 0 N–H and O–H groups in total. The molecular formula is C50H30N4OS. The van der Waals surface area contributed by atoms with Crippen LogP contribution < -0.4 is 0 Å². The molecule has 0 saturated heterocycles. The van der Waals surface area contributed by atoms with E-state index in [-0.39, 0.29) is 0 Å². The molecule has 11 aromatic rings. The summed E-state index contributed by atoms with van der Waals surface area (Å²) in [5.41, 5.74) is 9.30. The highest BCUT2D eigenvalue weighted by atomic mass is 32.1. The summed E-state index contributed by atoms with van der Waals surface area (Å²) in [6.45, 7) is 0. The fourth-order valence-electron chi connectivity index (χ4n) is 7.73. The van der Waals surface area contributed by atoms with E-state index in [1.54, 1.807) is 11.3 Å². The lowest BCUT2D eigenvalue weighted by Crippen LogP contribution is -2.00. The third kappa shape index (κ3) is 5.38. The Morgan fingerprint density at radius 1 is 0.411 bits per heavy atom. The van der Waals surface area contributed by atoms with Crippen molar-refractivity contribution in [2.24, 2.45) is 0 Å². The molecule has 56 heavy (non-hydrogen) atoms.